The molecule has 1 aromatic heterocycles. The van der Waals surface area contributed by atoms with E-state index in [0.717, 1.165) is 30.7 Å². The van der Waals surface area contributed by atoms with Gasteiger partial charge in [-0.15, -0.1) is 0 Å². The summed E-state index contributed by atoms with van der Waals surface area (Å²) >= 11 is 0. The summed E-state index contributed by atoms with van der Waals surface area (Å²) in [5.41, 5.74) is 0.604. The number of nitrogens with zero attached hydrogens (tertiary/aromatic N) is 1. The van der Waals surface area contributed by atoms with Crippen molar-refractivity contribution in [1.29, 1.82) is 0 Å². The highest BCUT2D eigenvalue weighted by Gasteiger charge is 2.26. The van der Waals surface area contributed by atoms with Crippen molar-refractivity contribution in [2.45, 2.75) is 12.5 Å². The Hall–Kier alpha value is -3.88. The number of hydrogen-bond donors (Lipinski definition) is 1. The topological polar surface area (TPSA) is 94.6 Å². The Morgan fingerprint density at radius 2 is 1.71 bits per heavy atom. The molecule has 2 aromatic carbocycles. The summed E-state index contributed by atoms with van der Waals surface area (Å²) in [6, 6.07) is 12.1. The van der Waals surface area contributed by atoms with Crippen LogP contribution < -0.4 is 10.1 Å². The fraction of sp³-hybridized carbons (Fsp3) is 0.182. The summed E-state index contributed by atoms with van der Waals surface area (Å²) in [6.07, 6.45) is -0.488. The van der Waals surface area contributed by atoms with Crippen molar-refractivity contribution in [2.24, 2.45) is 0 Å². The molecule has 0 saturated heterocycles. The van der Waals surface area contributed by atoms with Crippen LogP contribution in [0.2, 0.25) is 0 Å². The van der Waals surface area contributed by atoms with Crippen molar-refractivity contribution in [2.75, 3.05) is 13.7 Å². The molecular formula is C22H18F2N2O5. The number of amides is 1. The Bertz CT molecular complexity index is 1120. The lowest BCUT2D eigenvalue weighted by Gasteiger charge is -2.17. The van der Waals surface area contributed by atoms with E-state index in [1.54, 1.807) is 18.2 Å². The van der Waals surface area contributed by atoms with Crippen LogP contribution in [0.1, 0.15) is 16.9 Å². The van der Waals surface area contributed by atoms with E-state index < -0.39 is 54.1 Å². The number of ether oxygens (including phenoxy) is 2. The van der Waals surface area contributed by atoms with Gasteiger partial charge in [-0.05, 0) is 24.3 Å². The van der Waals surface area contributed by atoms with Crippen LogP contribution >= 0.6 is 0 Å². The first-order valence-electron chi connectivity index (χ1n) is 9.22. The van der Waals surface area contributed by atoms with Crippen LogP contribution in [0.4, 0.5) is 8.78 Å². The number of carbonyl (C=O) groups excluding carboxylic acids is 3. The van der Waals surface area contributed by atoms with Gasteiger partial charge in [0, 0.05) is 5.39 Å². The fourth-order valence-corrected chi connectivity index (χ4v) is 2.78. The maximum absolute atomic E-state index is 13.7. The van der Waals surface area contributed by atoms with Gasteiger partial charge in [0.25, 0.3) is 5.91 Å². The molecule has 31 heavy (non-hydrogen) atoms. The normalized spacial score (nSPS) is 11.6. The standard InChI is InChI=1S/C22H18F2N2O5/c1-30-20(28)11-18(19(27)12-31-21-14(23)6-4-7-15(21)24)26-22(29)17-10-9-13-5-2-3-8-16(13)25-17/h2-10,18H,11-12H2,1H3,(H,26,29)/t18-/m0/s1. The Balaban J connectivity index is 1.75. The lowest BCUT2D eigenvalue weighted by Crippen LogP contribution is -2.44. The van der Waals surface area contributed by atoms with E-state index in [4.69, 9.17) is 4.74 Å². The van der Waals surface area contributed by atoms with Gasteiger partial charge in [0.1, 0.15) is 18.3 Å². The van der Waals surface area contributed by atoms with Crippen molar-refractivity contribution in [3.8, 4) is 5.75 Å². The minimum absolute atomic E-state index is 0.0300. The second-order valence-electron chi connectivity index (χ2n) is 6.50. The van der Waals surface area contributed by atoms with Crippen molar-refractivity contribution in [3.63, 3.8) is 0 Å². The molecule has 7 nitrogen and oxygen atoms in total. The molecule has 0 saturated carbocycles. The van der Waals surface area contributed by atoms with E-state index in [1.165, 1.54) is 6.07 Å². The average molecular weight is 428 g/mol. The number of pyridine rings is 1. The number of methoxy groups -OCH3 is 1. The number of para-hydroxylation sites is 2. The predicted molar refractivity (Wildman–Crippen MR) is 106 cm³/mol. The minimum Gasteiger partial charge on any atom is -0.480 e. The van der Waals surface area contributed by atoms with Crippen LogP contribution in [-0.2, 0) is 14.3 Å². The number of fused-ring (bicyclic) bond motifs is 1. The highest BCUT2D eigenvalue weighted by Crippen LogP contribution is 2.21. The van der Waals surface area contributed by atoms with Crippen molar-refractivity contribution in [1.82, 2.24) is 10.3 Å². The molecule has 9 heteroatoms. The SMILES string of the molecule is COC(=O)C[C@H](NC(=O)c1ccc2ccccc2n1)C(=O)COc1c(F)cccc1F. The summed E-state index contributed by atoms with van der Waals surface area (Å²) in [4.78, 5) is 41.1. The minimum atomic E-state index is -1.34. The average Bonchev–Trinajstić information content (AvgIpc) is 2.77. The van der Waals surface area contributed by atoms with Crippen molar-refractivity contribution < 1.29 is 32.6 Å². The predicted octanol–water partition coefficient (Wildman–Crippen LogP) is 2.82. The van der Waals surface area contributed by atoms with Gasteiger partial charge in [-0.1, -0.05) is 30.3 Å². The smallest absolute Gasteiger partial charge is 0.308 e. The number of hydrogen-bond acceptors (Lipinski definition) is 6. The summed E-state index contributed by atoms with van der Waals surface area (Å²) < 4.78 is 36.9. The van der Waals surface area contributed by atoms with Gasteiger partial charge in [-0.25, -0.2) is 13.8 Å². The number of halogens is 2. The molecule has 0 radical (unpaired) electrons. The zero-order valence-corrected chi connectivity index (χ0v) is 16.4. The summed E-state index contributed by atoms with van der Waals surface area (Å²) in [7, 11) is 1.13. The number of nitrogens with one attached hydrogen (secondary N) is 1. The van der Waals surface area contributed by atoms with Gasteiger partial charge in [-0.3, -0.25) is 14.4 Å². The Morgan fingerprint density at radius 3 is 2.42 bits per heavy atom. The largest absolute Gasteiger partial charge is 0.480 e. The molecule has 1 heterocycles. The molecule has 0 bridgehead atoms. The van der Waals surface area contributed by atoms with E-state index in [-0.39, 0.29) is 5.69 Å². The van der Waals surface area contributed by atoms with Gasteiger partial charge < -0.3 is 14.8 Å². The van der Waals surface area contributed by atoms with E-state index >= 15 is 0 Å². The van der Waals surface area contributed by atoms with Crippen LogP contribution in [0.3, 0.4) is 0 Å². The van der Waals surface area contributed by atoms with Crippen LogP contribution in [-0.4, -0.2) is 42.4 Å². The molecule has 0 aliphatic heterocycles. The number of ketones is 1. The Labute approximate surface area is 176 Å². The number of benzene rings is 2. The molecule has 1 amide bonds. The van der Waals surface area contributed by atoms with E-state index in [9.17, 15) is 23.2 Å². The molecule has 0 fully saturated rings. The summed E-state index contributed by atoms with van der Waals surface area (Å²) in [5.74, 6) is -4.94. The zero-order chi connectivity index (χ0) is 22.4. The monoisotopic (exact) mass is 428 g/mol. The molecule has 1 atom stereocenters. The van der Waals surface area contributed by atoms with Crippen LogP contribution in [0.5, 0.6) is 5.75 Å². The third-order valence-electron chi connectivity index (χ3n) is 4.40. The van der Waals surface area contributed by atoms with Crippen molar-refractivity contribution in [3.05, 3.63) is 71.9 Å². The van der Waals surface area contributed by atoms with Crippen LogP contribution in [0.25, 0.3) is 10.9 Å². The third-order valence-corrected chi connectivity index (χ3v) is 4.40. The van der Waals surface area contributed by atoms with Gasteiger partial charge in [-0.2, -0.15) is 0 Å². The zero-order valence-electron chi connectivity index (χ0n) is 16.4. The van der Waals surface area contributed by atoms with Crippen molar-refractivity contribution >= 4 is 28.6 Å². The maximum atomic E-state index is 13.7. The second-order valence-corrected chi connectivity index (χ2v) is 6.50. The molecule has 160 valence electrons. The Kier molecular flexibility index (Phi) is 6.86. The number of rotatable bonds is 8. The molecule has 0 aliphatic carbocycles. The quantitative estimate of drug-likeness (QED) is 0.555. The summed E-state index contributed by atoms with van der Waals surface area (Å²) in [6.45, 7) is -0.773. The molecule has 0 unspecified atom stereocenters. The number of aromatic nitrogens is 1. The van der Waals surface area contributed by atoms with Gasteiger partial charge >= 0.3 is 5.97 Å². The first-order chi connectivity index (χ1) is 14.9. The second kappa shape index (κ2) is 9.75. The highest BCUT2D eigenvalue weighted by atomic mass is 19.1. The van der Waals surface area contributed by atoms with Gasteiger partial charge in [0.05, 0.1) is 19.0 Å². The molecule has 0 spiro atoms. The third kappa shape index (κ3) is 5.39. The molecule has 3 aromatic rings. The highest BCUT2D eigenvalue weighted by molar-refractivity contribution is 5.99. The number of carbonyl (C=O) groups is 3. The molecule has 1 N–H and O–H groups in total. The Morgan fingerprint density at radius 1 is 1.00 bits per heavy atom. The van der Waals surface area contributed by atoms with Crippen LogP contribution in [0, 0.1) is 11.6 Å². The lowest BCUT2D eigenvalue weighted by molar-refractivity contribution is -0.142. The molecule has 3 rings (SSSR count). The number of esters is 1. The molecule has 0 aliphatic rings. The van der Waals surface area contributed by atoms with Crippen LogP contribution in [0.15, 0.2) is 54.6 Å². The van der Waals surface area contributed by atoms with Gasteiger partial charge in [0.2, 0.25) is 0 Å². The summed E-state index contributed by atoms with van der Waals surface area (Å²) in [5, 5.41) is 3.23. The maximum Gasteiger partial charge on any atom is 0.308 e. The lowest BCUT2D eigenvalue weighted by atomic mass is 10.1. The number of Topliss-reactive ketones (excluding diaryl/α,β-unsaturated/α-hetero) is 1. The molecular weight excluding hydrogens is 410 g/mol. The first-order valence-corrected chi connectivity index (χ1v) is 9.22. The first kappa shape index (κ1) is 21.8. The van der Waals surface area contributed by atoms with Gasteiger partial charge in [0.15, 0.2) is 23.2 Å². The van der Waals surface area contributed by atoms with E-state index in [2.05, 4.69) is 15.0 Å². The fourth-order valence-electron chi connectivity index (χ4n) is 2.78. The van der Waals surface area contributed by atoms with E-state index in [0.29, 0.717) is 5.52 Å². The van der Waals surface area contributed by atoms with E-state index in [1.807, 2.05) is 12.1 Å².